The van der Waals surface area contributed by atoms with E-state index in [0.29, 0.717) is 12.4 Å². The highest BCUT2D eigenvalue weighted by molar-refractivity contribution is 5.80. The molecule has 0 bridgehead atoms. The van der Waals surface area contributed by atoms with E-state index in [9.17, 15) is 0 Å². The van der Waals surface area contributed by atoms with Gasteiger partial charge in [0.25, 0.3) is 0 Å². The molecule has 0 aliphatic rings. The van der Waals surface area contributed by atoms with Gasteiger partial charge in [0.1, 0.15) is 0 Å². The molecule has 0 amide bonds. The van der Waals surface area contributed by atoms with Crippen molar-refractivity contribution in [3.63, 3.8) is 0 Å². The standard InChI is InChI=1S/C9H14N4/c1-7(10)13-9-4-2-3-8(5-9)6-12-11/h2-5,12H,6,11H2,1H3,(H2,10,13). The molecule has 0 radical (unpaired) electrons. The van der Waals surface area contributed by atoms with Crippen LogP contribution in [0.2, 0.25) is 0 Å². The van der Waals surface area contributed by atoms with Crippen molar-refractivity contribution in [2.24, 2.45) is 16.6 Å². The number of aliphatic imine (C=N–C) groups is 1. The second kappa shape index (κ2) is 4.59. The largest absolute Gasteiger partial charge is 0.387 e. The van der Waals surface area contributed by atoms with E-state index >= 15 is 0 Å². The first-order chi connectivity index (χ1) is 6.22. The van der Waals surface area contributed by atoms with Crippen molar-refractivity contribution in [3.05, 3.63) is 29.8 Å². The Bertz CT molecular complexity index is 302. The first-order valence-corrected chi connectivity index (χ1v) is 4.05. The molecule has 0 saturated carbocycles. The number of amidine groups is 1. The molecular weight excluding hydrogens is 164 g/mol. The fourth-order valence-corrected chi connectivity index (χ4v) is 1.06. The minimum absolute atomic E-state index is 0.554. The highest BCUT2D eigenvalue weighted by atomic mass is 15.2. The van der Waals surface area contributed by atoms with Gasteiger partial charge in [-0.1, -0.05) is 12.1 Å². The van der Waals surface area contributed by atoms with Crippen molar-refractivity contribution >= 4 is 11.5 Å². The van der Waals surface area contributed by atoms with Crippen molar-refractivity contribution in [1.29, 1.82) is 0 Å². The Morgan fingerprint density at radius 3 is 2.92 bits per heavy atom. The highest BCUT2D eigenvalue weighted by Crippen LogP contribution is 2.13. The van der Waals surface area contributed by atoms with Gasteiger partial charge in [0.15, 0.2) is 0 Å². The Morgan fingerprint density at radius 1 is 1.54 bits per heavy atom. The molecule has 5 N–H and O–H groups in total. The molecule has 0 spiro atoms. The summed E-state index contributed by atoms with van der Waals surface area (Å²) in [5.74, 6) is 5.75. The predicted molar refractivity (Wildman–Crippen MR) is 54.4 cm³/mol. The van der Waals surface area contributed by atoms with Crippen LogP contribution in [0.5, 0.6) is 0 Å². The van der Waals surface area contributed by atoms with Crippen molar-refractivity contribution in [3.8, 4) is 0 Å². The highest BCUT2D eigenvalue weighted by Gasteiger charge is 1.93. The van der Waals surface area contributed by atoms with Gasteiger partial charge in [-0.15, -0.1) is 0 Å². The van der Waals surface area contributed by atoms with Crippen LogP contribution in [-0.4, -0.2) is 5.84 Å². The Labute approximate surface area is 77.6 Å². The van der Waals surface area contributed by atoms with E-state index < -0.39 is 0 Å². The van der Waals surface area contributed by atoms with E-state index in [1.807, 2.05) is 24.3 Å². The maximum absolute atomic E-state index is 5.46. The van der Waals surface area contributed by atoms with Gasteiger partial charge in [-0.3, -0.25) is 11.3 Å². The number of hydrazine groups is 1. The van der Waals surface area contributed by atoms with Crippen LogP contribution in [0, 0.1) is 0 Å². The van der Waals surface area contributed by atoms with Crippen LogP contribution < -0.4 is 17.0 Å². The van der Waals surface area contributed by atoms with E-state index in [1.165, 1.54) is 0 Å². The molecular formula is C9H14N4. The van der Waals surface area contributed by atoms with E-state index in [1.54, 1.807) is 6.92 Å². The average molecular weight is 178 g/mol. The molecule has 4 heteroatoms. The molecule has 0 unspecified atom stereocenters. The van der Waals surface area contributed by atoms with Gasteiger partial charge in [-0.25, -0.2) is 4.99 Å². The van der Waals surface area contributed by atoms with Gasteiger partial charge in [0, 0.05) is 6.54 Å². The number of rotatable bonds is 3. The number of benzene rings is 1. The maximum atomic E-state index is 5.46. The van der Waals surface area contributed by atoms with Crippen molar-refractivity contribution < 1.29 is 0 Å². The summed E-state index contributed by atoms with van der Waals surface area (Å²) in [6, 6.07) is 7.74. The van der Waals surface area contributed by atoms with E-state index in [0.717, 1.165) is 11.3 Å². The molecule has 70 valence electrons. The van der Waals surface area contributed by atoms with Gasteiger partial charge in [-0.2, -0.15) is 0 Å². The maximum Gasteiger partial charge on any atom is 0.0964 e. The molecule has 0 fully saturated rings. The summed E-state index contributed by atoms with van der Waals surface area (Å²) < 4.78 is 0. The van der Waals surface area contributed by atoms with Crippen LogP contribution in [0.1, 0.15) is 12.5 Å². The predicted octanol–water partition coefficient (Wildman–Crippen LogP) is 0.658. The Morgan fingerprint density at radius 2 is 2.31 bits per heavy atom. The van der Waals surface area contributed by atoms with E-state index in [2.05, 4.69) is 10.4 Å². The number of nitrogens with two attached hydrogens (primary N) is 2. The third kappa shape index (κ3) is 3.23. The van der Waals surface area contributed by atoms with Crippen molar-refractivity contribution in [2.45, 2.75) is 13.5 Å². The van der Waals surface area contributed by atoms with Crippen molar-refractivity contribution in [2.75, 3.05) is 0 Å². The third-order valence-corrected chi connectivity index (χ3v) is 1.52. The Kier molecular flexibility index (Phi) is 3.42. The molecule has 0 aromatic heterocycles. The van der Waals surface area contributed by atoms with Gasteiger partial charge in [0.2, 0.25) is 0 Å². The lowest BCUT2D eigenvalue weighted by Gasteiger charge is -2.00. The van der Waals surface area contributed by atoms with E-state index in [-0.39, 0.29) is 0 Å². The van der Waals surface area contributed by atoms with Gasteiger partial charge in [0.05, 0.1) is 11.5 Å². The lowest BCUT2D eigenvalue weighted by atomic mass is 10.2. The minimum Gasteiger partial charge on any atom is -0.387 e. The fraction of sp³-hybridized carbons (Fsp3) is 0.222. The molecule has 4 nitrogen and oxygen atoms in total. The second-order valence-electron chi connectivity index (χ2n) is 2.80. The zero-order valence-electron chi connectivity index (χ0n) is 7.62. The summed E-state index contributed by atoms with van der Waals surface area (Å²) >= 11 is 0. The fourth-order valence-electron chi connectivity index (χ4n) is 1.06. The summed E-state index contributed by atoms with van der Waals surface area (Å²) in [5, 5.41) is 0. The zero-order valence-corrected chi connectivity index (χ0v) is 7.62. The first kappa shape index (κ1) is 9.70. The quantitative estimate of drug-likeness (QED) is 0.275. The van der Waals surface area contributed by atoms with Crippen molar-refractivity contribution in [1.82, 2.24) is 5.43 Å². The third-order valence-electron chi connectivity index (χ3n) is 1.52. The number of hydrogen-bond acceptors (Lipinski definition) is 3. The summed E-state index contributed by atoms with van der Waals surface area (Å²) in [6.07, 6.45) is 0. The normalized spacial score (nSPS) is 11.7. The second-order valence-corrected chi connectivity index (χ2v) is 2.80. The number of hydrogen-bond donors (Lipinski definition) is 3. The summed E-state index contributed by atoms with van der Waals surface area (Å²) in [5.41, 5.74) is 9.99. The van der Waals surface area contributed by atoms with Gasteiger partial charge >= 0.3 is 0 Å². The van der Waals surface area contributed by atoms with Crippen LogP contribution in [0.3, 0.4) is 0 Å². The van der Waals surface area contributed by atoms with E-state index in [4.69, 9.17) is 11.6 Å². The summed E-state index contributed by atoms with van der Waals surface area (Å²) in [4.78, 5) is 4.13. The molecule has 0 heterocycles. The monoisotopic (exact) mass is 178 g/mol. The summed E-state index contributed by atoms with van der Waals surface area (Å²) in [7, 11) is 0. The van der Waals surface area contributed by atoms with Crippen LogP contribution in [0.25, 0.3) is 0 Å². The molecule has 0 atom stereocenters. The minimum atomic E-state index is 0.554. The van der Waals surface area contributed by atoms with Gasteiger partial charge in [-0.05, 0) is 24.6 Å². The van der Waals surface area contributed by atoms with Crippen LogP contribution in [0.15, 0.2) is 29.3 Å². The van der Waals surface area contributed by atoms with Gasteiger partial charge < -0.3 is 5.73 Å². The zero-order chi connectivity index (χ0) is 9.68. The molecule has 0 aliphatic heterocycles. The molecule has 0 aliphatic carbocycles. The molecule has 0 saturated heterocycles. The SMILES string of the molecule is CC(N)=Nc1cccc(CNN)c1. The van der Waals surface area contributed by atoms with Crippen LogP contribution in [-0.2, 0) is 6.54 Å². The molecule has 1 aromatic carbocycles. The lowest BCUT2D eigenvalue weighted by Crippen LogP contribution is -2.20. The number of nitrogens with one attached hydrogen (secondary N) is 1. The first-order valence-electron chi connectivity index (χ1n) is 4.05. The van der Waals surface area contributed by atoms with Crippen LogP contribution >= 0.6 is 0 Å². The molecule has 13 heavy (non-hydrogen) atoms. The topological polar surface area (TPSA) is 76.4 Å². The molecule has 1 aromatic rings. The molecule has 1 rings (SSSR count). The Balaban J connectivity index is 2.85. The van der Waals surface area contributed by atoms with Crippen LogP contribution in [0.4, 0.5) is 5.69 Å². The summed E-state index contributed by atoms with van der Waals surface area (Å²) in [6.45, 7) is 2.39. The average Bonchev–Trinajstić information content (AvgIpc) is 2.04. The Hall–Kier alpha value is -1.39. The lowest BCUT2D eigenvalue weighted by molar-refractivity contribution is 0.741. The number of nitrogens with zero attached hydrogens (tertiary/aromatic N) is 1. The smallest absolute Gasteiger partial charge is 0.0964 e.